The third kappa shape index (κ3) is 4.20. The van der Waals surface area contributed by atoms with Gasteiger partial charge in [0.15, 0.2) is 0 Å². The Hall–Kier alpha value is -1.66. The molecule has 1 saturated heterocycles. The largest absolute Gasteiger partial charge is 0.338 e. The maximum Gasteiger partial charge on any atom is 0.249 e. The Morgan fingerprint density at radius 1 is 1.13 bits per heavy atom. The van der Waals surface area contributed by atoms with E-state index in [0.717, 1.165) is 12.0 Å². The highest BCUT2D eigenvalue weighted by atomic mass is 32.2. The van der Waals surface area contributed by atoms with Gasteiger partial charge in [0.25, 0.3) is 0 Å². The Labute approximate surface area is 138 Å². The average molecular weight is 336 g/mol. The summed E-state index contributed by atoms with van der Waals surface area (Å²) in [6.45, 7) is 5.61. The Kier molecular flexibility index (Phi) is 5.96. The average Bonchev–Trinajstić information content (AvgIpc) is 2.81. The molecule has 0 aromatic heterocycles. The maximum atomic E-state index is 12.7. The molecule has 0 atom stereocenters. The lowest BCUT2D eigenvalue weighted by Crippen LogP contribution is -2.37. The molecule has 0 saturated carbocycles. The molecule has 2 rings (SSSR count). The molecule has 0 N–H and O–H groups in total. The first kappa shape index (κ1) is 17.7. The van der Waals surface area contributed by atoms with Crippen LogP contribution in [0.2, 0.25) is 0 Å². The molecule has 1 aliphatic heterocycles. The van der Waals surface area contributed by atoms with Crippen LogP contribution in [-0.2, 0) is 14.8 Å². The molecule has 1 aliphatic rings. The SMILES string of the molecule is CC/C=C(\C)C(=O)N1CCCN(S(=O)(=O)c2ccccc2)CC1. The molecule has 1 heterocycles. The van der Waals surface area contributed by atoms with E-state index in [4.69, 9.17) is 0 Å². The van der Waals surface area contributed by atoms with Crippen LogP contribution in [0.3, 0.4) is 0 Å². The lowest BCUT2D eigenvalue weighted by atomic mass is 10.2. The topological polar surface area (TPSA) is 57.7 Å². The molecule has 23 heavy (non-hydrogen) atoms. The summed E-state index contributed by atoms with van der Waals surface area (Å²) in [5.41, 5.74) is 0.729. The van der Waals surface area contributed by atoms with Crippen molar-refractivity contribution in [3.05, 3.63) is 42.0 Å². The minimum atomic E-state index is -3.48. The van der Waals surface area contributed by atoms with Crippen LogP contribution in [0.25, 0.3) is 0 Å². The predicted molar refractivity (Wildman–Crippen MR) is 90.4 cm³/mol. The van der Waals surface area contributed by atoms with Crippen LogP contribution in [0.15, 0.2) is 46.9 Å². The number of benzene rings is 1. The van der Waals surface area contributed by atoms with Crippen molar-refractivity contribution in [3.63, 3.8) is 0 Å². The molecule has 0 unspecified atom stereocenters. The van der Waals surface area contributed by atoms with Crippen LogP contribution in [0.1, 0.15) is 26.7 Å². The highest BCUT2D eigenvalue weighted by Crippen LogP contribution is 2.18. The van der Waals surface area contributed by atoms with Gasteiger partial charge in [0.1, 0.15) is 0 Å². The highest BCUT2D eigenvalue weighted by Gasteiger charge is 2.28. The number of hydrogen-bond donors (Lipinski definition) is 0. The van der Waals surface area contributed by atoms with Crippen molar-refractivity contribution in [2.45, 2.75) is 31.6 Å². The lowest BCUT2D eigenvalue weighted by Gasteiger charge is -2.22. The first-order chi connectivity index (χ1) is 11.0. The second kappa shape index (κ2) is 7.75. The Balaban J connectivity index is 2.10. The zero-order valence-electron chi connectivity index (χ0n) is 13.7. The molecule has 1 aromatic rings. The molecule has 0 aliphatic carbocycles. The minimum absolute atomic E-state index is 0.00538. The minimum Gasteiger partial charge on any atom is -0.338 e. The maximum absolute atomic E-state index is 12.7. The lowest BCUT2D eigenvalue weighted by molar-refractivity contribution is -0.126. The summed E-state index contributed by atoms with van der Waals surface area (Å²) in [6.07, 6.45) is 3.38. The molecule has 1 amide bonds. The molecule has 5 nitrogen and oxygen atoms in total. The van der Waals surface area contributed by atoms with Crippen molar-refractivity contribution in [2.24, 2.45) is 0 Å². The van der Waals surface area contributed by atoms with Crippen LogP contribution in [0, 0.1) is 0 Å². The molecule has 1 fully saturated rings. The van der Waals surface area contributed by atoms with E-state index < -0.39 is 10.0 Å². The van der Waals surface area contributed by atoms with Crippen LogP contribution < -0.4 is 0 Å². The van der Waals surface area contributed by atoms with E-state index in [1.807, 2.05) is 19.9 Å². The summed E-state index contributed by atoms with van der Waals surface area (Å²) < 4.78 is 26.8. The van der Waals surface area contributed by atoms with Gasteiger partial charge < -0.3 is 4.90 Å². The van der Waals surface area contributed by atoms with Gasteiger partial charge in [0, 0.05) is 31.8 Å². The number of carbonyl (C=O) groups excluding carboxylic acids is 1. The van der Waals surface area contributed by atoms with Crippen LogP contribution in [-0.4, -0.2) is 49.7 Å². The van der Waals surface area contributed by atoms with Gasteiger partial charge in [-0.05, 0) is 31.9 Å². The summed E-state index contributed by atoms with van der Waals surface area (Å²) in [4.78, 5) is 14.4. The van der Waals surface area contributed by atoms with E-state index in [1.165, 1.54) is 4.31 Å². The van der Waals surface area contributed by atoms with Gasteiger partial charge in [-0.25, -0.2) is 8.42 Å². The number of amides is 1. The van der Waals surface area contributed by atoms with Gasteiger partial charge >= 0.3 is 0 Å². The van der Waals surface area contributed by atoms with Crippen LogP contribution in [0.4, 0.5) is 0 Å². The molecular formula is C17H24N2O3S. The molecule has 6 heteroatoms. The molecule has 0 spiro atoms. The fraction of sp³-hybridized carbons (Fsp3) is 0.471. The van der Waals surface area contributed by atoms with Crippen LogP contribution >= 0.6 is 0 Å². The first-order valence-corrected chi connectivity index (χ1v) is 9.42. The summed E-state index contributed by atoms with van der Waals surface area (Å²) in [7, 11) is -3.48. The van der Waals surface area contributed by atoms with E-state index in [0.29, 0.717) is 37.5 Å². The molecule has 0 bridgehead atoms. The van der Waals surface area contributed by atoms with Crippen molar-refractivity contribution in [2.75, 3.05) is 26.2 Å². The Morgan fingerprint density at radius 2 is 1.83 bits per heavy atom. The fourth-order valence-electron chi connectivity index (χ4n) is 2.72. The third-order valence-electron chi connectivity index (χ3n) is 3.97. The number of nitrogens with zero attached hydrogens (tertiary/aromatic N) is 2. The van der Waals surface area contributed by atoms with Crippen LogP contribution in [0.5, 0.6) is 0 Å². The number of carbonyl (C=O) groups is 1. The van der Waals surface area contributed by atoms with Crippen molar-refractivity contribution >= 4 is 15.9 Å². The molecular weight excluding hydrogens is 312 g/mol. The second-order valence-corrected chi connectivity index (χ2v) is 7.60. The Bertz CT molecular complexity index is 668. The van der Waals surface area contributed by atoms with Gasteiger partial charge in [-0.3, -0.25) is 4.79 Å². The van der Waals surface area contributed by atoms with Gasteiger partial charge in [-0.15, -0.1) is 0 Å². The normalized spacial score (nSPS) is 17.8. The van der Waals surface area contributed by atoms with Gasteiger partial charge in [-0.2, -0.15) is 4.31 Å². The number of rotatable bonds is 4. The zero-order chi connectivity index (χ0) is 16.9. The fourth-order valence-corrected chi connectivity index (χ4v) is 4.21. The van der Waals surface area contributed by atoms with Gasteiger partial charge in [0.05, 0.1) is 4.90 Å². The van der Waals surface area contributed by atoms with Gasteiger partial charge in [0.2, 0.25) is 15.9 Å². The molecule has 0 radical (unpaired) electrons. The highest BCUT2D eigenvalue weighted by molar-refractivity contribution is 7.89. The van der Waals surface area contributed by atoms with Gasteiger partial charge in [-0.1, -0.05) is 31.2 Å². The summed E-state index contributed by atoms with van der Waals surface area (Å²) in [5, 5.41) is 0. The summed E-state index contributed by atoms with van der Waals surface area (Å²) in [6, 6.07) is 8.46. The second-order valence-electron chi connectivity index (χ2n) is 5.66. The van der Waals surface area contributed by atoms with E-state index >= 15 is 0 Å². The molecule has 1 aromatic carbocycles. The van der Waals surface area contributed by atoms with E-state index in [2.05, 4.69) is 0 Å². The van der Waals surface area contributed by atoms with Crippen molar-refractivity contribution in [1.29, 1.82) is 0 Å². The van der Waals surface area contributed by atoms with Crippen molar-refractivity contribution in [3.8, 4) is 0 Å². The van der Waals surface area contributed by atoms with Crippen molar-refractivity contribution < 1.29 is 13.2 Å². The first-order valence-electron chi connectivity index (χ1n) is 7.98. The predicted octanol–water partition coefficient (Wildman–Crippen LogP) is 2.27. The van der Waals surface area contributed by atoms with E-state index in [1.54, 1.807) is 35.2 Å². The summed E-state index contributed by atoms with van der Waals surface area (Å²) in [5.74, 6) is 0.00538. The van der Waals surface area contributed by atoms with Crippen molar-refractivity contribution in [1.82, 2.24) is 9.21 Å². The Morgan fingerprint density at radius 3 is 2.48 bits per heavy atom. The van der Waals surface area contributed by atoms with E-state index in [9.17, 15) is 13.2 Å². The smallest absolute Gasteiger partial charge is 0.249 e. The quantitative estimate of drug-likeness (QED) is 0.793. The zero-order valence-corrected chi connectivity index (χ0v) is 14.6. The number of sulfonamides is 1. The third-order valence-corrected chi connectivity index (χ3v) is 5.88. The number of allylic oxidation sites excluding steroid dienone is 1. The summed E-state index contributed by atoms with van der Waals surface area (Å²) >= 11 is 0. The molecule has 126 valence electrons. The standard InChI is InChI=1S/C17H24N2O3S/c1-3-8-15(2)17(20)18-11-7-12-19(14-13-18)23(21,22)16-9-5-4-6-10-16/h4-6,8-10H,3,7,11-14H2,1-2H3/b15-8+. The van der Waals surface area contributed by atoms with E-state index in [-0.39, 0.29) is 5.91 Å². The number of hydrogen-bond acceptors (Lipinski definition) is 3. The monoisotopic (exact) mass is 336 g/mol.